The van der Waals surface area contributed by atoms with Crippen molar-refractivity contribution in [2.75, 3.05) is 31.1 Å². The van der Waals surface area contributed by atoms with E-state index in [0.717, 1.165) is 38.7 Å². The van der Waals surface area contributed by atoms with E-state index in [4.69, 9.17) is 0 Å². The second-order valence-corrected chi connectivity index (χ2v) is 5.29. The van der Waals surface area contributed by atoms with Crippen molar-refractivity contribution in [3.8, 4) is 0 Å². The van der Waals surface area contributed by atoms with E-state index in [9.17, 15) is 13.2 Å². The Morgan fingerprint density at radius 1 is 1.21 bits per heavy atom. The zero-order valence-corrected chi connectivity index (χ0v) is 10.5. The van der Waals surface area contributed by atoms with Gasteiger partial charge in [0.2, 0.25) is 0 Å². The van der Waals surface area contributed by atoms with Gasteiger partial charge in [-0.1, -0.05) is 6.07 Å². The molecule has 1 aromatic heterocycles. The van der Waals surface area contributed by atoms with Gasteiger partial charge in [0.25, 0.3) is 0 Å². The van der Waals surface area contributed by atoms with Gasteiger partial charge in [-0.3, -0.25) is 0 Å². The number of aromatic nitrogens is 1. The normalized spacial score (nSPS) is 27.4. The molecular formula is C13H16F3N3. The van der Waals surface area contributed by atoms with E-state index in [1.165, 1.54) is 6.07 Å². The standard InChI is InChI=1S/C13H16F3N3/c14-13(15,16)11-2-1-3-12(18-11)19-5-4-9-6-17-7-10(9)8-19/h1-3,9-10,17H,4-8H2. The number of hydrogen-bond donors (Lipinski definition) is 1. The Kier molecular flexibility index (Phi) is 3.12. The van der Waals surface area contributed by atoms with E-state index >= 15 is 0 Å². The molecule has 0 spiro atoms. The Labute approximate surface area is 109 Å². The molecule has 3 nitrogen and oxygen atoms in total. The average Bonchev–Trinajstić information content (AvgIpc) is 2.85. The van der Waals surface area contributed by atoms with Crippen LogP contribution >= 0.6 is 0 Å². The Morgan fingerprint density at radius 3 is 2.79 bits per heavy atom. The van der Waals surface area contributed by atoms with Crippen LogP contribution in [0.5, 0.6) is 0 Å². The molecule has 3 rings (SSSR count). The van der Waals surface area contributed by atoms with Crippen LogP contribution in [0.1, 0.15) is 12.1 Å². The second kappa shape index (κ2) is 4.67. The minimum Gasteiger partial charge on any atom is -0.356 e. The number of fused-ring (bicyclic) bond motifs is 1. The van der Waals surface area contributed by atoms with Crippen LogP contribution in [0.3, 0.4) is 0 Å². The maximum Gasteiger partial charge on any atom is 0.433 e. The summed E-state index contributed by atoms with van der Waals surface area (Å²) in [4.78, 5) is 5.74. The summed E-state index contributed by atoms with van der Waals surface area (Å²) in [6, 6.07) is 4.12. The van der Waals surface area contributed by atoms with Gasteiger partial charge in [-0.05, 0) is 43.5 Å². The summed E-state index contributed by atoms with van der Waals surface area (Å²) in [5, 5.41) is 3.34. The number of piperidine rings is 1. The van der Waals surface area contributed by atoms with E-state index in [2.05, 4.69) is 10.3 Å². The first kappa shape index (κ1) is 12.7. The van der Waals surface area contributed by atoms with Crippen molar-refractivity contribution in [1.29, 1.82) is 0 Å². The molecule has 2 saturated heterocycles. The summed E-state index contributed by atoms with van der Waals surface area (Å²) in [5.41, 5.74) is -0.809. The third-order valence-electron chi connectivity index (χ3n) is 4.05. The number of anilines is 1. The second-order valence-electron chi connectivity index (χ2n) is 5.29. The number of rotatable bonds is 1. The number of pyridine rings is 1. The van der Waals surface area contributed by atoms with Gasteiger partial charge in [0.05, 0.1) is 0 Å². The Balaban J connectivity index is 1.79. The van der Waals surface area contributed by atoms with E-state index in [-0.39, 0.29) is 0 Å². The summed E-state index contributed by atoms with van der Waals surface area (Å²) >= 11 is 0. The maximum absolute atomic E-state index is 12.7. The first-order valence-corrected chi connectivity index (χ1v) is 6.54. The summed E-state index contributed by atoms with van der Waals surface area (Å²) in [6.07, 6.45) is -3.35. The predicted molar refractivity (Wildman–Crippen MR) is 65.9 cm³/mol. The minimum absolute atomic E-state index is 0.445. The van der Waals surface area contributed by atoms with Gasteiger partial charge < -0.3 is 10.2 Å². The highest BCUT2D eigenvalue weighted by Gasteiger charge is 2.35. The SMILES string of the molecule is FC(F)(F)c1cccc(N2CCC3CNCC3C2)n1. The van der Waals surface area contributed by atoms with Crippen LogP contribution in [0.15, 0.2) is 18.2 Å². The smallest absolute Gasteiger partial charge is 0.356 e. The van der Waals surface area contributed by atoms with Gasteiger partial charge in [-0.15, -0.1) is 0 Å². The fourth-order valence-corrected chi connectivity index (χ4v) is 3.00. The van der Waals surface area contributed by atoms with Crippen molar-refractivity contribution < 1.29 is 13.2 Å². The molecule has 0 aliphatic carbocycles. The fourth-order valence-electron chi connectivity index (χ4n) is 3.00. The van der Waals surface area contributed by atoms with Crippen LogP contribution < -0.4 is 10.2 Å². The summed E-state index contributed by atoms with van der Waals surface area (Å²) in [6.45, 7) is 3.58. The molecule has 6 heteroatoms. The number of alkyl halides is 3. The lowest BCUT2D eigenvalue weighted by atomic mass is 9.89. The molecule has 1 N–H and O–H groups in total. The Morgan fingerprint density at radius 2 is 2.00 bits per heavy atom. The monoisotopic (exact) mass is 271 g/mol. The first-order valence-electron chi connectivity index (χ1n) is 6.54. The van der Waals surface area contributed by atoms with Crippen molar-refractivity contribution in [2.45, 2.75) is 12.6 Å². The summed E-state index contributed by atoms with van der Waals surface area (Å²) < 4.78 is 38.0. The summed E-state index contributed by atoms with van der Waals surface area (Å²) in [7, 11) is 0. The predicted octanol–water partition coefficient (Wildman–Crippen LogP) is 2.15. The average molecular weight is 271 g/mol. The Bertz CT molecular complexity index is 461. The molecule has 0 amide bonds. The van der Waals surface area contributed by atoms with Gasteiger partial charge in [0.1, 0.15) is 11.5 Å². The van der Waals surface area contributed by atoms with Crippen LogP contribution in [0.2, 0.25) is 0 Å². The first-order chi connectivity index (χ1) is 9.04. The van der Waals surface area contributed by atoms with Crippen LogP contribution in [-0.2, 0) is 6.18 Å². The topological polar surface area (TPSA) is 28.2 Å². The molecular weight excluding hydrogens is 255 g/mol. The number of nitrogens with one attached hydrogen (secondary N) is 1. The lowest BCUT2D eigenvalue weighted by molar-refractivity contribution is -0.141. The molecule has 0 aromatic carbocycles. The summed E-state index contributed by atoms with van der Waals surface area (Å²) in [5.74, 6) is 1.65. The molecule has 19 heavy (non-hydrogen) atoms. The van der Waals surface area contributed by atoms with Gasteiger partial charge >= 0.3 is 6.18 Å². The highest BCUT2D eigenvalue weighted by molar-refractivity contribution is 5.40. The van der Waals surface area contributed by atoms with Gasteiger partial charge in [0, 0.05) is 13.1 Å². The highest BCUT2D eigenvalue weighted by Crippen LogP contribution is 2.32. The quantitative estimate of drug-likeness (QED) is 0.848. The van der Waals surface area contributed by atoms with Gasteiger partial charge in [-0.2, -0.15) is 13.2 Å². The zero-order chi connectivity index (χ0) is 13.5. The van der Waals surface area contributed by atoms with Gasteiger partial charge in [-0.25, -0.2) is 4.98 Å². The van der Waals surface area contributed by atoms with Crippen LogP contribution in [0, 0.1) is 11.8 Å². The van der Waals surface area contributed by atoms with Crippen molar-refractivity contribution in [2.24, 2.45) is 11.8 Å². The van der Waals surface area contributed by atoms with Crippen molar-refractivity contribution >= 4 is 5.82 Å². The molecule has 0 saturated carbocycles. The molecule has 104 valence electrons. The van der Waals surface area contributed by atoms with Crippen LogP contribution in [0.4, 0.5) is 19.0 Å². The van der Waals surface area contributed by atoms with Crippen LogP contribution in [0.25, 0.3) is 0 Å². The fraction of sp³-hybridized carbons (Fsp3) is 0.615. The molecule has 3 heterocycles. The molecule has 1 aromatic rings. The van der Waals surface area contributed by atoms with Crippen molar-refractivity contribution in [1.82, 2.24) is 10.3 Å². The number of hydrogen-bond acceptors (Lipinski definition) is 3. The molecule has 2 atom stereocenters. The van der Waals surface area contributed by atoms with E-state index < -0.39 is 11.9 Å². The van der Waals surface area contributed by atoms with E-state index in [1.54, 1.807) is 6.07 Å². The van der Waals surface area contributed by atoms with E-state index in [1.807, 2.05) is 4.90 Å². The molecule has 2 unspecified atom stereocenters. The lowest BCUT2D eigenvalue weighted by Crippen LogP contribution is -2.40. The van der Waals surface area contributed by atoms with E-state index in [0.29, 0.717) is 17.7 Å². The number of nitrogens with zero attached hydrogens (tertiary/aromatic N) is 2. The molecule has 0 radical (unpaired) electrons. The molecule has 2 aliphatic heterocycles. The van der Waals surface area contributed by atoms with Gasteiger partial charge in [0.15, 0.2) is 0 Å². The zero-order valence-electron chi connectivity index (χ0n) is 10.5. The molecule has 0 bridgehead atoms. The Hall–Kier alpha value is -1.30. The highest BCUT2D eigenvalue weighted by atomic mass is 19.4. The lowest BCUT2D eigenvalue weighted by Gasteiger charge is -2.35. The third kappa shape index (κ3) is 2.54. The molecule has 2 aliphatic rings. The van der Waals surface area contributed by atoms with Crippen molar-refractivity contribution in [3.63, 3.8) is 0 Å². The van der Waals surface area contributed by atoms with Crippen LogP contribution in [-0.4, -0.2) is 31.2 Å². The number of halogens is 3. The largest absolute Gasteiger partial charge is 0.433 e. The van der Waals surface area contributed by atoms with Crippen molar-refractivity contribution in [3.05, 3.63) is 23.9 Å². The minimum atomic E-state index is -4.37. The molecule has 2 fully saturated rings. The third-order valence-corrected chi connectivity index (χ3v) is 4.05. The maximum atomic E-state index is 12.7.